The lowest BCUT2D eigenvalue weighted by Gasteiger charge is -2.28. The third kappa shape index (κ3) is 3.11. The molecule has 0 saturated carbocycles. The number of aromatic nitrogens is 1. The van der Waals surface area contributed by atoms with E-state index in [9.17, 15) is 4.79 Å². The van der Waals surface area contributed by atoms with E-state index in [1.807, 2.05) is 11.8 Å². The molecule has 1 saturated heterocycles. The highest BCUT2D eigenvalue weighted by atomic mass is 32.1. The lowest BCUT2D eigenvalue weighted by Crippen LogP contribution is -2.44. The molecule has 2 aromatic rings. The average molecular weight is 335 g/mol. The van der Waals surface area contributed by atoms with Gasteiger partial charge in [0.1, 0.15) is 0 Å². The molecule has 1 N–H and O–H groups in total. The molecule has 1 aromatic heterocycles. The number of anilines is 1. The van der Waals surface area contributed by atoms with Crippen molar-refractivity contribution < 1.29 is 9.53 Å². The quantitative estimate of drug-likeness (QED) is 0.812. The Labute approximate surface area is 138 Å². The van der Waals surface area contributed by atoms with Crippen LogP contribution in [0.3, 0.4) is 0 Å². The highest BCUT2D eigenvalue weighted by Crippen LogP contribution is 2.29. The number of ether oxygens (including phenoxy) is 1. The molecule has 0 atom stereocenters. The summed E-state index contributed by atoms with van der Waals surface area (Å²) in [7, 11) is 0. The predicted octanol–water partition coefficient (Wildman–Crippen LogP) is 2.51. The summed E-state index contributed by atoms with van der Waals surface area (Å²) in [5.41, 5.74) is 3.24. The van der Waals surface area contributed by atoms with E-state index in [1.165, 1.54) is 16.9 Å². The molecule has 0 aliphatic carbocycles. The molecular weight excluding hydrogens is 318 g/mol. The van der Waals surface area contributed by atoms with E-state index in [0.29, 0.717) is 36.4 Å². The van der Waals surface area contributed by atoms with Crippen LogP contribution < -0.4 is 5.32 Å². The van der Waals surface area contributed by atoms with E-state index in [-0.39, 0.29) is 5.91 Å². The van der Waals surface area contributed by atoms with Crippen molar-refractivity contribution in [1.29, 1.82) is 0 Å². The van der Waals surface area contributed by atoms with E-state index in [2.05, 4.69) is 29.4 Å². The average Bonchev–Trinajstić information content (AvgIpc) is 2.90. The van der Waals surface area contributed by atoms with Gasteiger partial charge in [-0.05, 0) is 31.0 Å². The molecule has 5 nitrogen and oxygen atoms in total. The molecule has 1 aliphatic rings. The molecule has 116 valence electrons. The summed E-state index contributed by atoms with van der Waals surface area (Å²) < 4.78 is 6.34. The second kappa shape index (κ2) is 6.28. The number of carbonyl (C=O) groups excluding carboxylic acids is 1. The van der Waals surface area contributed by atoms with Crippen LogP contribution in [0.15, 0.2) is 12.1 Å². The Morgan fingerprint density at radius 3 is 2.82 bits per heavy atom. The SMILES string of the molecule is Cc1cc(C)c2nc(NC(=O)C(=S)N3CCOCC3)sc2c1. The van der Waals surface area contributed by atoms with Crippen molar-refractivity contribution in [1.82, 2.24) is 9.88 Å². The zero-order valence-corrected chi connectivity index (χ0v) is 14.1. The van der Waals surface area contributed by atoms with Gasteiger partial charge in [-0.15, -0.1) is 0 Å². The number of amides is 1. The number of benzene rings is 1. The molecule has 3 rings (SSSR count). The maximum Gasteiger partial charge on any atom is 0.285 e. The van der Waals surface area contributed by atoms with Crippen LogP contribution in [0.4, 0.5) is 5.13 Å². The van der Waals surface area contributed by atoms with Crippen LogP contribution in [0, 0.1) is 13.8 Å². The van der Waals surface area contributed by atoms with Gasteiger partial charge < -0.3 is 9.64 Å². The fraction of sp³-hybridized carbons (Fsp3) is 0.400. The summed E-state index contributed by atoms with van der Waals surface area (Å²) in [5, 5.41) is 3.41. The Morgan fingerprint density at radius 2 is 2.09 bits per heavy atom. The Morgan fingerprint density at radius 1 is 1.36 bits per heavy atom. The number of nitrogens with one attached hydrogen (secondary N) is 1. The molecule has 22 heavy (non-hydrogen) atoms. The first-order valence-corrected chi connectivity index (χ1v) is 8.33. The van der Waals surface area contributed by atoms with Crippen LogP contribution in [0.25, 0.3) is 10.2 Å². The number of thiocarbonyl (C=S) groups is 1. The second-order valence-corrected chi connectivity index (χ2v) is 6.72. The molecular formula is C15H17N3O2S2. The minimum Gasteiger partial charge on any atom is -0.378 e. The second-order valence-electron chi connectivity index (χ2n) is 5.31. The van der Waals surface area contributed by atoms with Crippen molar-refractivity contribution in [2.75, 3.05) is 31.6 Å². The van der Waals surface area contributed by atoms with Crippen LogP contribution in [-0.4, -0.2) is 47.1 Å². The summed E-state index contributed by atoms with van der Waals surface area (Å²) in [6.45, 7) is 6.60. The largest absolute Gasteiger partial charge is 0.378 e. The van der Waals surface area contributed by atoms with Crippen molar-refractivity contribution >= 4 is 49.8 Å². The normalized spacial score (nSPS) is 15.1. The van der Waals surface area contributed by atoms with Gasteiger partial charge >= 0.3 is 0 Å². The summed E-state index contributed by atoms with van der Waals surface area (Å²) >= 11 is 6.73. The number of rotatable bonds is 1. The molecule has 7 heteroatoms. The van der Waals surface area contributed by atoms with Gasteiger partial charge in [0.15, 0.2) is 10.1 Å². The summed E-state index contributed by atoms with van der Waals surface area (Å²) in [6.07, 6.45) is 0. The number of fused-ring (bicyclic) bond motifs is 1. The van der Waals surface area contributed by atoms with Gasteiger partial charge in [-0.25, -0.2) is 4.98 Å². The van der Waals surface area contributed by atoms with Crippen molar-refractivity contribution in [2.45, 2.75) is 13.8 Å². The van der Waals surface area contributed by atoms with Crippen molar-refractivity contribution in [3.63, 3.8) is 0 Å². The van der Waals surface area contributed by atoms with Gasteiger partial charge in [0, 0.05) is 13.1 Å². The molecule has 0 radical (unpaired) electrons. The molecule has 1 amide bonds. The number of nitrogens with zero attached hydrogens (tertiary/aromatic N) is 2. The number of aryl methyl sites for hydroxylation is 2. The number of carbonyl (C=O) groups is 1. The fourth-order valence-electron chi connectivity index (χ4n) is 2.48. The molecule has 1 aliphatic heterocycles. The number of hydrogen-bond donors (Lipinski definition) is 1. The van der Waals surface area contributed by atoms with Crippen LogP contribution in [0.2, 0.25) is 0 Å². The van der Waals surface area contributed by atoms with E-state index in [1.54, 1.807) is 0 Å². The zero-order valence-electron chi connectivity index (χ0n) is 12.5. The Bertz CT molecular complexity index is 736. The van der Waals surface area contributed by atoms with Gasteiger partial charge in [-0.2, -0.15) is 0 Å². The van der Waals surface area contributed by atoms with Crippen LogP contribution in [0.5, 0.6) is 0 Å². The Kier molecular flexibility index (Phi) is 4.37. The third-order valence-electron chi connectivity index (χ3n) is 3.54. The minimum atomic E-state index is -0.273. The van der Waals surface area contributed by atoms with Gasteiger partial charge in [0.05, 0.1) is 23.4 Å². The van der Waals surface area contributed by atoms with Gasteiger partial charge in [-0.1, -0.05) is 29.6 Å². The number of morpholine rings is 1. The Balaban J connectivity index is 1.76. The molecule has 0 unspecified atom stereocenters. The van der Waals surface area contributed by atoms with Crippen LogP contribution in [0.1, 0.15) is 11.1 Å². The number of hydrogen-bond acceptors (Lipinski definition) is 5. The molecule has 0 spiro atoms. The molecule has 0 bridgehead atoms. The molecule has 1 aromatic carbocycles. The maximum atomic E-state index is 12.3. The van der Waals surface area contributed by atoms with Gasteiger partial charge in [-0.3, -0.25) is 10.1 Å². The van der Waals surface area contributed by atoms with E-state index >= 15 is 0 Å². The molecule has 1 fully saturated rings. The molecule has 2 heterocycles. The van der Waals surface area contributed by atoms with E-state index in [0.717, 1.165) is 15.8 Å². The fourth-order valence-corrected chi connectivity index (χ4v) is 3.76. The maximum absolute atomic E-state index is 12.3. The standard InChI is InChI=1S/C15H17N3O2S2/c1-9-7-10(2)12-11(8-9)22-15(16-12)17-13(19)14(21)18-3-5-20-6-4-18/h7-8H,3-6H2,1-2H3,(H,16,17,19). The summed E-state index contributed by atoms with van der Waals surface area (Å²) in [5.74, 6) is -0.273. The van der Waals surface area contributed by atoms with Crippen LogP contribution in [-0.2, 0) is 9.53 Å². The monoisotopic (exact) mass is 335 g/mol. The van der Waals surface area contributed by atoms with E-state index in [4.69, 9.17) is 17.0 Å². The van der Waals surface area contributed by atoms with E-state index < -0.39 is 0 Å². The predicted molar refractivity (Wildman–Crippen MR) is 92.7 cm³/mol. The summed E-state index contributed by atoms with van der Waals surface area (Å²) in [4.78, 5) is 19.0. The first kappa shape index (κ1) is 15.3. The lowest BCUT2D eigenvalue weighted by atomic mass is 10.1. The Hall–Kier alpha value is -1.57. The van der Waals surface area contributed by atoms with Gasteiger partial charge in [0.2, 0.25) is 0 Å². The topological polar surface area (TPSA) is 54.5 Å². The van der Waals surface area contributed by atoms with Crippen molar-refractivity contribution in [3.8, 4) is 0 Å². The van der Waals surface area contributed by atoms with Crippen LogP contribution >= 0.6 is 23.6 Å². The zero-order chi connectivity index (χ0) is 15.7. The minimum absolute atomic E-state index is 0.273. The highest BCUT2D eigenvalue weighted by Gasteiger charge is 2.21. The lowest BCUT2D eigenvalue weighted by molar-refractivity contribution is -0.111. The highest BCUT2D eigenvalue weighted by molar-refractivity contribution is 7.82. The van der Waals surface area contributed by atoms with Gasteiger partial charge in [0.25, 0.3) is 5.91 Å². The summed E-state index contributed by atoms with van der Waals surface area (Å²) in [6, 6.07) is 4.17. The van der Waals surface area contributed by atoms with Crippen molar-refractivity contribution in [2.24, 2.45) is 0 Å². The first-order chi connectivity index (χ1) is 10.5. The van der Waals surface area contributed by atoms with Crippen molar-refractivity contribution in [3.05, 3.63) is 23.3 Å². The smallest absolute Gasteiger partial charge is 0.285 e. The third-order valence-corrected chi connectivity index (χ3v) is 4.90. The number of thiazole rings is 1. The first-order valence-electron chi connectivity index (χ1n) is 7.10.